The van der Waals surface area contributed by atoms with Gasteiger partial charge in [0.1, 0.15) is 0 Å². The number of hydrogen-bond acceptors (Lipinski definition) is 2. The van der Waals surface area contributed by atoms with Crippen molar-refractivity contribution >= 4 is 5.97 Å². The highest BCUT2D eigenvalue weighted by Crippen LogP contribution is 1.86. The van der Waals surface area contributed by atoms with E-state index in [1.165, 1.54) is 0 Å². The molecule has 0 saturated heterocycles. The van der Waals surface area contributed by atoms with Crippen molar-refractivity contribution in [3.05, 3.63) is 0 Å². The van der Waals surface area contributed by atoms with Gasteiger partial charge in [0.2, 0.25) is 0 Å². The molecule has 0 aliphatic carbocycles. The highest BCUT2D eigenvalue weighted by atomic mass is 16.5. The van der Waals surface area contributed by atoms with Crippen molar-refractivity contribution in [1.82, 2.24) is 0 Å². The molecule has 0 aromatic carbocycles. The Morgan fingerprint density at radius 3 is 2.67 bits per heavy atom. The highest BCUT2D eigenvalue weighted by molar-refractivity contribution is 5.69. The van der Waals surface area contributed by atoms with Gasteiger partial charge in [-0.05, 0) is 6.42 Å². The van der Waals surface area contributed by atoms with Crippen LogP contribution in [0.3, 0.4) is 0 Å². The summed E-state index contributed by atoms with van der Waals surface area (Å²) in [4.78, 5) is 10.4. The van der Waals surface area contributed by atoms with Gasteiger partial charge in [-0.25, -0.2) is 5.11 Å². The van der Waals surface area contributed by atoms with E-state index in [9.17, 15) is 9.90 Å². The Labute approximate surface area is 54.6 Å². The Morgan fingerprint density at radius 1 is 1.56 bits per heavy atom. The van der Waals surface area contributed by atoms with Crippen LogP contribution < -0.4 is 0 Å². The Balaban J connectivity index is 3.06. The fourth-order valence-electron chi connectivity index (χ4n) is 0.371. The van der Waals surface area contributed by atoms with Crippen molar-refractivity contribution < 1.29 is 14.6 Å². The van der Waals surface area contributed by atoms with Gasteiger partial charge in [-0.1, -0.05) is 6.92 Å². The summed E-state index contributed by atoms with van der Waals surface area (Å²) in [7, 11) is 0. The second-order valence-corrected chi connectivity index (χ2v) is 1.67. The third-order valence-corrected chi connectivity index (χ3v) is 0.773. The molecule has 0 bridgehead atoms. The molecule has 0 rings (SSSR count). The van der Waals surface area contributed by atoms with E-state index in [4.69, 9.17) is 0 Å². The first-order valence-electron chi connectivity index (χ1n) is 3.05. The van der Waals surface area contributed by atoms with Gasteiger partial charge in [-0.3, -0.25) is 4.79 Å². The van der Waals surface area contributed by atoms with Crippen LogP contribution in [0.1, 0.15) is 19.8 Å². The van der Waals surface area contributed by atoms with Crippen molar-refractivity contribution in [1.29, 1.82) is 0 Å². The number of hydrogen-bond donors (Lipinski definition) is 0. The van der Waals surface area contributed by atoms with E-state index in [1.807, 2.05) is 6.92 Å². The minimum atomic E-state index is -0.383. The van der Waals surface area contributed by atoms with Crippen molar-refractivity contribution in [2.45, 2.75) is 19.8 Å². The molecular weight excluding hydrogens is 120 g/mol. The van der Waals surface area contributed by atoms with Crippen LogP contribution in [-0.4, -0.2) is 19.2 Å². The molecular formula is C6H11O3. The minimum Gasteiger partial charge on any atom is -0.466 e. The first-order valence-corrected chi connectivity index (χ1v) is 3.05. The third-order valence-electron chi connectivity index (χ3n) is 0.773. The molecule has 0 aliphatic heterocycles. The van der Waals surface area contributed by atoms with Crippen LogP contribution in [0.5, 0.6) is 0 Å². The van der Waals surface area contributed by atoms with Crippen molar-refractivity contribution in [2.75, 3.05) is 13.2 Å². The molecule has 1 radical (unpaired) electrons. The average Bonchev–Trinajstić information content (AvgIpc) is 1.85. The zero-order valence-electron chi connectivity index (χ0n) is 5.55. The molecule has 0 aromatic heterocycles. The molecule has 0 spiro atoms. The van der Waals surface area contributed by atoms with Gasteiger partial charge in [0.15, 0.2) is 0 Å². The van der Waals surface area contributed by atoms with E-state index in [0.717, 1.165) is 6.42 Å². The van der Waals surface area contributed by atoms with Crippen molar-refractivity contribution in [3.63, 3.8) is 0 Å². The molecule has 3 nitrogen and oxygen atoms in total. The third kappa shape index (κ3) is 5.30. The number of carbonyl (C=O) groups excluding carboxylic acids is 1. The maximum atomic E-state index is 10.4. The van der Waals surface area contributed by atoms with E-state index in [2.05, 4.69) is 4.74 Å². The number of ether oxygens (including phenoxy) is 1. The lowest BCUT2D eigenvalue weighted by molar-refractivity contribution is -0.144. The van der Waals surface area contributed by atoms with Crippen LogP contribution in [0, 0.1) is 0 Å². The summed E-state index contributed by atoms with van der Waals surface area (Å²) in [6.07, 6.45) is 0.810. The summed E-state index contributed by atoms with van der Waals surface area (Å²) < 4.78 is 4.59. The molecule has 0 unspecified atom stereocenters. The van der Waals surface area contributed by atoms with Crippen LogP contribution >= 0.6 is 0 Å². The van der Waals surface area contributed by atoms with Gasteiger partial charge < -0.3 is 4.74 Å². The fourth-order valence-corrected chi connectivity index (χ4v) is 0.371. The zero-order chi connectivity index (χ0) is 7.11. The van der Waals surface area contributed by atoms with Crippen molar-refractivity contribution in [3.8, 4) is 0 Å². The van der Waals surface area contributed by atoms with E-state index in [-0.39, 0.29) is 19.0 Å². The quantitative estimate of drug-likeness (QED) is 0.529. The van der Waals surface area contributed by atoms with Gasteiger partial charge in [0, 0.05) is 0 Å². The molecule has 3 heteroatoms. The maximum absolute atomic E-state index is 10.4. The smallest absolute Gasteiger partial charge is 0.308 e. The summed E-state index contributed by atoms with van der Waals surface area (Å²) in [5, 5.41) is 9.80. The lowest BCUT2D eigenvalue weighted by Gasteiger charge is -1.98. The van der Waals surface area contributed by atoms with E-state index in [1.54, 1.807) is 0 Å². The maximum Gasteiger partial charge on any atom is 0.308 e. The van der Waals surface area contributed by atoms with Gasteiger partial charge in [-0.2, -0.15) is 0 Å². The average molecular weight is 131 g/mol. The lowest BCUT2D eigenvalue weighted by Crippen LogP contribution is -2.06. The summed E-state index contributed by atoms with van der Waals surface area (Å²) in [6, 6.07) is 0. The molecule has 0 N–H and O–H groups in total. The van der Waals surface area contributed by atoms with Gasteiger partial charge in [-0.15, -0.1) is 0 Å². The number of esters is 1. The second-order valence-electron chi connectivity index (χ2n) is 1.67. The Morgan fingerprint density at radius 2 is 2.22 bits per heavy atom. The zero-order valence-corrected chi connectivity index (χ0v) is 5.55. The molecule has 0 amide bonds. The summed E-state index contributed by atoms with van der Waals surface area (Å²) in [5.41, 5.74) is 0. The van der Waals surface area contributed by atoms with Crippen LogP contribution in [0.15, 0.2) is 0 Å². The molecule has 0 atom stereocenters. The Bertz CT molecular complexity index is 80.4. The van der Waals surface area contributed by atoms with Crippen LogP contribution in [0.4, 0.5) is 0 Å². The number of carbonyl (C=O) groups is 1. The largest absolute Gasteiger partial charge is 0.466 e. The van der Waals surface area contributed by atoms with Gasteiger partial charge in [0.25, 0.3) is 0 Å². The van der Waals surface area contributed by atoms with Gasteiger partial charge in [0.05, 0.1) is 19.6 Å². The van der Waals surface area contributed by atoms with E-state index >= 15 is 0 Å². The molecule has 0 saturated carbocycles. The van der Waals surface area contributed by atoms with Crippen LogP contribution in [0.25, 0.3) is 0 Å². The first-order chi connectivity index (χ1) is 4.31. The van der Waals surface area contributed by atoms with E-state index < -0.39 is 0 Å². The second kappa shape index (κ2) is 5.56. The predicted molar refractivity (Wildman–Crippen MR) is 31.4 cm³/mol. The standard InChI is InChI=1S/C6H11O3/c1-2-5-9-6(8)3-4-7/h2-5H2,1H3. The fraction of sp³-hybridized carbons (Fsp3) is 0.833. The molecule has 0 aromatic rings. The van der Waals surface area contributed by atoms with E-state index in [0.29, 0.717) is 6.61 Å². The molecule has 0 heterocycles. The van der Waals surface area contributed by atoms with Crippen LogP contribution in [0.2, 0.25) is 0 Å². The lowest BCUT2D eigenvalue weighted by atomic mass is 10.4. The summed E-state index contributed by atoms with van der Waals surface area (Å²) in [6.45, 7) is 1.96. The topological polar surface area (TPSA) is 46.2 Å². The summed E-state index contributed by atoms with van der Waals surface area (Å²) in [5.74, 6) is -0.383. The highest BCUT2D eigenvalue weighted by Gasteiger charge is 1.98. The molecule has 53 valence electrons. The summed E-state index contributed by atoms with van der Waals surface area (Å²) >= 11 is 0. The minimum absolute atomic E-state index is 0. The Hall–Kier alpha value is -0.570. The predicted octanol–water partition coefficient (Wildman–Crippen LogP) is 0.760. The van der Waals surface area contributed by atoms with Crippen molar-refractivity contribution in [2.24, 2.45) is 0 Å². The molecule has 9 heavy (non-hydrogen) atoms. The molecule has 0 fully saturated rings. The Kier molecular flexibility index (Phi) is 5.21. The first kappa shape index (κ1) is 8.43. The van der Waals surface area contributed by atoms with Crippen LogP contribution in [-0.2, 0) is 14.6 Å². The SMILES string of the molecule is CCCOC(=O)CC[O]. The monoisotopic (exact) mass is 131 g/mol. The molecule has 0 aliphatic rings. The normalized spacial score (nSPS) is 9.11. The number of rotatable bonds is 4. The van der Waals surface area contributed by atoms with Gasteiger partial charge >= 0.3 is 5.97 Å².